The fourth-order valence-corrected chi connectivity index (χ4v) is 8.59. The van der Waals surface area contributed by atoms with E-state index in [1.54, 1.807) is 24.3 Å². The lowest BCUT2D eigenvalue weighted by Gasteiger charge is -2.31. The number of furan rings is 1. The molecular formula is C42H22F10O. The molecular weight excluding hydrogens is 710 g/mol. The van der Waals surface area contributed by atoms with E-state index in [-0.39, 0.29) is 11.1 Å². The third-order valence-corrected chi connectivity index (χ3v) is 11.0. The number of benzene rings is 6. The fraction of sp³-hybridized carbons (Fsp3) is 0.143. The van der Waals surface area contributed by atoms with Crippen molar-refractivity contribution in [1.29, 1.82) is 0 Å². The first kappa shape index (κ1) is 33.3. The van der Waals surface area contributed by atoms with E-state index in [4.69, 9.17) is 4.42 Å². The molecule has 11 heteroatoms. The third kappa shape index (κ3) is 3.99. The van der Waals surface area contributed by atoms with Gasteiger partial charge >= 0.3 is 0 Å². The normalized spacial score (nSPS) is 14.9. The first-order chi connectivity index (χ1) is 25.0. The van der Waals surface area contributed by atoms with Gasteiger partial charge in [-0.2, -0.15) is 0 Å². The molecule has 53 heavy (non-hydrogen) atoms. The summed E-state index contributed by atoms with van der Waals surface area (Å²) in [7, 11) is 0. The molecule has 1 nitrogen and oxygen atoms in total. The molecule has 2 aliphatic rings. The molecule has 7 aromatic rings. The summed E-state index contributed by atoms with van der Waals surface area (Å²) in [5.41, 5.74) is 1.32. The van der Waals surface area contributed by atoms with Crippen molar-refractivity contribution in [1.82, 2.24) is 0 Å². The van der Waals surface area contributed by atoms with Crippen LogP contribution in [0.25, 0.3) is 66.4 Å². The maximum Gasteiger partial charge on any atom is 0.200 e. The standard InChI is InChI=1S/C42H22F10O/c1-41(2)20-13-15(23-30(43)34(47)38(51)35(48)31(23)44)9-11-17(20)25-26-19-7-5-6-8-22(19)53-40(26)27-18-12-10-16(14-21(18)42(3,4)29(27)28(25)41)24-32(45)36(49)39(52)37(50)33(24)46/h5-14H,1-4H3. The molecule has 0 aliphatic heterocycles. The van der Waals surface area contributed by atoms with E-state index < -0.39 is 80.1 Å². The molecule has 0 fully saturated rings. The first-order valence-electron chi connectivity index (χ1n) is 16.4. The van der Waals surface area contributed by atoms with Crippen LogP contribution in [0.5, 0.6) is 0 Å². The van der Waals surface area contributed by atoms with Crippen LogP contribution in [-0.4, -0.2) is 0 Å². The first-order valence-corrected chi connectivity index (χ1v) is 16.4. The second kappa shape index (κ2) is 10.5. The van der Waals surface area contributed by atoms with E-state index in [1.165, 1.54) is 24.3 Å². The van der Waals surface area contributed by atoms with Crippen LogP contribution < -0.4 is 0 Å². The Kier molecular flexibility index (Phi) is 6.60. The predicted molar refractivity (Wildman–Crippen MR) is 179 cm³/mol. The zero-order valence-electron chi connectivity index (χ0n) is 28.0. The number of rotatable bonds is 2. The summed E-state index contributed by atoms with van der Waals surface area (Å²) in [6.45, 7) is 7.39. The quantitative estimate of drug-likeness (QED) is 0.0980. The minimum atomic E-state index is -2.27. The number of hydrogen-bond donors (Lipinski definition) is 0. The van der Waals surface area contributed by atoms with E-state index in [1.807, 2.05) is 39.8 Å². The lowest BCUT2D eigenvalue weighted by molar-refractivity contribution is 0.381. The monoisotopic (exact) mass is 732 g/mol. The van der Waals surface area contributed by atoms with Gasteiger partial charge in [0.15, 0.2) is 46.5 Å². The highest BCUT2D eigenvalue weighted by Crippen LogP contribution is 2.63. The van der Waals surface area contributed by atoms with Crippen LogP contribution in [0.15, 0.2) is 65.1 Å². The molecule has 0 saturated carbocycles. The second-order valence-corrected chi connectivity index (χ2v) is 14.5. The molecule has 0 N–H and O–H groups in total. The average molecular weight is 733 g/mol. The maximum absolute atomic E-state index is 15.1. The molecule has 266 valence electrons. The number of hydrogen-bond acceptors (Lipinski definition) is 1. The Morgan fingerprint density at radius 3 is 1.30 bits per heavy atom. The highest BCUT2D eigenvalue weighted by atomic mass is 19.2. The molecule has 0 unspecified atom stereocenters. The summed E-state index contributed by atoms with van der Waals surface area (Å²) in [6.07, 6.45) is 0. The van der Waals surface area contributed by atoms with Crippen LogP contribution in [-0.2, 0) is 10.8 Å². The zero-order chi connectivity index (χ0) is 37.8. The molecule has 0 atom stereocenters. The van der Waals surface area contributed by atoms with Crippen molar-refractivity contribution in [2.45, 2.75) is 38.5 Å². The van der Waals surface area contributed by atoms with Gasteiger partial charge in [-0.25, -0.2) is 43.9 Å². The Morgan fingerprint density at radius 2 is 0.830 bits per heavy atom. The Bertz CT molecular complexity index is 2790. The molecule has 2 aliphatic carbocycles. The highest BCUT2D eigenvalue weighted by Gasteiger charge is 2.49. The highest BCUT2D eigenvalue weighted by molar-refractivity contribution is 6.20. The van der Waals surface area contributed by atoms with Gasteiger partial charge in [0, 0.05) is 27.2 Å². The van der Waals surface area contributed by atoms with Crippen LogP contribution in [0.4, 0.5) is 43.9 Å². The molecule has 0 bridgehead atoms. The van der Waals surface area contributed by atoms with Crippen LogP contribution in [0.2, 0.25) is 0 Å². The minimum Gasteiger partial charge on any atom is -0.455 e. The summed E-state index contributed by atoms with van der Waals surface area (Å²) >= 11 is 0. The van der Waals surface area contributed by atoms with Gasteiger partial charge in [0.2, 0.25) is 11.6 Å². The average Bonchev–Trinajstić information content (AvgIpc) is 3.71. The molecule has 1 heterocycles. The van der Waals surface area contributed by atoms with Gasteiger partial charge in [-0.05, 0) is 68.3 Å². The number of para-hydroxylation sites is 1. The maximum atomic E-state index is 15.1. The van der Waals surface area contributed by atoms with Gasteiger partial charge in [0.25, 0.3) is 0 Å². The smallest absolute Gasteiger partial charge is 0.200 e. The van der Waals surface area contributed by atoms with Crippen LogP contribution in [0, 0.1) is 58.2 Å². The number of halogens is 10. The Balaban J connectivity index is 1.36. The zero-order valence-corrected chi connectivity index (χ0v) is 28.0. The van der Waals surface area contributed by atoms with Crippen molar-refractivity contribution in [2.75, 3.05) is 0 Å². The topological polar surface area (TPSA) is 13.1 Å². The Labute approximate surface area is 294 Å². The summed E-state index contributed by atoms with van der Waals surface area (Å²) in [5.74, 6) is -20.7. The van der Waals surface area contributed by atoms with Crippen molar-refractivity contribution < 1.29 is 48.3 Å². The number of fused-ring (bicyclic) bond motifs is 12. The lowest BCUT2D eigenvalue weighted by atomic mass is 9.71. The van der Waals surface area contributed by atoms with Crippen LogP contribution in [0.1, 0.15) is 49.9 Å². The summed E-state index contributed by atoms with van der Waals surface area (Å²) in [5, 5.41) is 1.40. The van der Waals surface area contributed by atoms with Crippen LogP contribution in [0.3, 0.4) is 0 Å². The van der Waals surface area contributed by atoms with Gasteiger partial charge in [0.05, 0.1) is 11.1 Å². The van der Waals surface area contributed by atoms with E-state index >= 15 is 17.6 Å². The van der Waals surface area contributed by atoms with Crippen molar-refractivity contribution in [3.05, 3.63) is 141 Å². The molecule has 6 aromatic carbocycles. The molecule has 0 amide bonds. The van der Waals surface area contributed by atoms with E-state index in [2.05, 4.69) is 0 Å². The Hall–Kier alpha value is -5.58. The largest absolute Gasteiger partial charge is 0.455 e. The van der Waals surface area contributed by atoms with Gasteiger partial charge in [-0.1, -0.05) is 70.2 Å². The molecule has 0 spiro atoms. The van der Waals surface area contributed by atoms with Gasteiger partial charge < -0.3 is 4.42 Å². The van der Waals surface area contributed by atoms with Crippen molar-refractivity contribution in [3.8, 4) is 44.5 Å². The molecule has 0 radical (unpaired) electrons. The van der Waals surface area contributed by atoms with Gasteiger partial charge in [-0.15, -0.1) is 0 Å². The predicted octanol–water partition coefficient (Wildman–Crippen LogP) is 12.9. The summed E-state index contributed by atoms with van der Waals surface area (Å²) in [6, 6.07) is 15.7. The van der Waals surface area contributed by atoms with E-state index in [9.17, 15) is 26.3 Å². The van der Waals surface area contributed by atoms with Crippen molar-refractivity contribution >= 4 is 21.9 Å². The van der Waals surface area contributed by atoms with Gasteiger partial charge in [0.1, 0.15) is 11.2 Å². The SMILES string of the molecule is CC1(C)c2cc(-c3c(F)c(F)c(F)c(F)c3F)ccc2-c2c1c1c(c3c2oc2ccccc23)-c2ccc(-c3c(F)c(F)c(F)c(F)c3F)cc2C1(C)C. The second-order valence-electron chi connectivity index (χ2n) is 14.5. The summed E-state index contributed by atoms with van der Waals surface area (Å²) in [4.78, 5) is 0. The lowest BCUT2D eigenvalue weighted by Crippen LogP contribution is -2.24. The van der Waals surface area contributed by atoms with E-state index in [0.29, 0.717) is 55.5 Å². The van der Waals surface area contributed by atoms with Crippen molar-refractivity contribution in [2.24, 2.45) is 0 Å². The van der Waals surface area contributed by atoms with Crippen LogP contribution >= 0.6 is 0 Å². The van der Waals surface area contributed by atoms with Gasteiger partial charge in [-0.3, -0.25) is 0 Å². The van der Waals surface area contributed by atoms with Crippen molar-refractivity contribution in [3.63, 3.8) is 0 Å². The molecule has 0 saturated heterocycles. The summed E-state index contributed by atoms with van der Waals surface area (Å²) < 4.78 is 152. The third-order valence-electron chi connectivity index (χ3n) is 11.0. The minimum absolute atomic E-state index is 0.239. The van der Waals surface area contributed by atoms with E-state index in [0.717, 1.165) is 10.9 Å². The Morgan fingerprint density at radius 1 is 0.434 bits per heavy atom. The molecule has 1 aromatic heterocycles. The molecule has 9 rings (SSSR count). The fourth-order valence-electron chi connectivity index (χ4n) is 8.59.